The van der Waals surface area contributed by atoms with Crippen molar-refractivity contribution in [2.45, 2.75) is 19.6 Å². The first-order valence-electron chi connectivity index (χ1n) is 6.08. The molecule has 0 amide bonds. The van der Waals surface area contributed by atoms with Gasteiger partial charge < -0.3 is 10.0 Å². The summed E-state index contributed by atoms with van der Waals surface area (Å²) in [5, 5.41) is 22.1. The van der Waals surface area contributed by atoms with Crippen LogP contribution in [0.2, 0.25) is 0 Å². The van der Waals surface area contributed by atoms with Crippen LogP contribution in [0.5, 0.6) is 0 Å². The van der Waals surface area contributed by atoms with Gasteiger partial charge in [-0.25, -0.2) is 4.98 Å². The van der Waals surface area contributed by atoms with Crippen molar-refractivity contribution in [1.82, 2.24) is 14.8 Å². The van der Waals surface area contributed by atoms with Crippen molar-refractivity contribution in [3.63, 3.8) is 0 Å². The number of aromatic nitrogens is 3. The molecular weight excluding hydrogens is 242 g/mol. The van der Waals surface area contributed by atoms with E-state index < -0.39 is 0 Å². The number of nitrogens with zero attached hydrogens (tertiary/aromatic N) is 5. The summed E-state index contributed by atoms with van der Waals surface area (Å²) in [5.41, 5.74) is 2.68. The third-order valence-corrected chi connectivity index (χ3v) is 3.22. The summed E-state index contributed by atoms with van der Waals surface area (Å²) < 4.78 is 1.82. The summed E-state index contributed by atoms with van der Waals surface area (Å²) >= 11 is 0. The fourth-order valence-corrected chi connectivity index (χ4v) is 2.32. The molecule has 19 heavy (non-hydrogen) atoms. The van der Waals surface area contributed by atoms with Gasteiger partial charge >= 0.3 is 0 Å². The summed E-state index contributed by atoms with van der Waals surface area (Å²) in [6.07, 6.45) is 1.83. The van der Waals surface area contributed by atoms with Gasteiger partial charge in [0.1, 0.15) is 17.6 Å². The molecule has 0 aromatic carbocycles. The van der Waals surface area contributed by atoms with Gasteiger partial charge in [-0.3, -0.25) is 4.68 Å². The van der Waals surface area contributed by atoms with E-state index in [1.807, 2.05) is 29.1 Å². The molecule has 1 N–H and O–H groups in total. The topological polar surface area (TPSA) is 78.0 Å². The Labute approximate surface area is 110 Å². The number of hydrogen-bond donors (Lipinski definition) is 1. The summed E-state index contributed by atoms with van der Waals surface area (Å²) in [6, 6.07) is 7.48. The van der Waals surface area contributed by atoms with E-state index in [-0.39, 0.29) is 6.61 Å². The highest BCUT2D eigenvalue weighted by atomic mass is 16.3. The van der Waals surface area contributed by atoms with Gasteiger partial charge in [-0.1, -0.05) is 6.07 Å². The van der Waals surface area contributed by atoms with E-state index in [9.17, 15) is 0 Å². The molecule has 0 saturated heterocycles. The van der Waals surface area contributed by atoms with Gasteiger partial charge in [-0.2, -0.15) is 10.4 Å². The molecule has 1 aliphatic heterocycles. The monoisotopic (exact) mass is 255 g/mol. The summed E-state index contributed by atoms with van der Waals surface area (Å²) in [4.78, 5) is 6.40. The minimum absolute atomic E-state index is 0.0797. The van der Waals surface area contributed by atoms with Crippen LogP contribution in [-0.2, 0) is 19.6 Å². The first-order chi connectivity index (χ1) is 9.31. The molecule has 0 atom stereocenters. The molecule has 0 spiro atoms. The van der Waals surface area contributed by atoms with Gasteiger partial charge in [-0.15, -0.1) is 0 Å². The van der Waals surface area contributed by atoms with Crippen molar-refractivity contribution < 1.29 is 5.11 Å². The first kappa shape index (κ1) is 11.7. The number of anilines is 1. The Hall–Kier alpha value is -2.39. The molecule has 6 nitrogen and oxygen atoms in total. The summed E-state index contributed by atoms with van der Waals surface area (Å²) in [7, 11) is 0. The average Bonchev–Trinajstić information content (AvgIpc) is 3.01. The maximum absolute atomic E-state index is 9.00. The number of pyridine rings is 1. The third kappa shape index (κ3) is 2.04. The number of rotatable bonds is 3. The third-order valence-electron chi connectivity index (χ3n) is 3.22. The zero-order valence-corrected chi connectivity index (χ0v) is 10.3. The lowest BCUT2D eigenvalue weighted by molar-refractivity contribution is 0.267. The molecule has 0 fully saturated rings. The second kappa shape index (κ2) is 4.71. The highest BCUT2D eigenvalue weighted by molar-refractivity contribution is 5.46. The second-order valence-electron chi connectivity index (χ2n) is 4.41. The normalized spacial score (nSPS) is 13.4. The lowest BCUT2D eigenvalue weighted by Crippen LogP contribution is -2.18. The van der Waals surface area contributed by atoms with Crippen molar-refractivity contribution in [1.29, 1.82) is 5.26 Å². The van der Waals surface area contributed by atoms with Crippen molar-refractivity contribution in [3.8, 4) is 6.07 Å². The maximum Gasteiger partial charge on any atom is 0.142 e. The SMILES string of the molecule is N#Cc1cccc(N2Cc3cnn(CCO)c3C2)n1. The highest BCUT2D eigenvalue weighted by Gasteiger charge is 2.24. The Morgan fingerprint density at radius 3 is 3.05 bits per heavy atom. The molecule has 0 bridgehead atoms. The predicted octanol–water partition coefficient (Wildman–Crippen LogP) is 0.662. The lowest BCUT2D eigenvalue weighted by Gasteiger charge is -2.17. The Morgan fingerprint density at radius 1 is 1.37 bits per heavy atom. The first-order valence-corrected chi connectivity index (χ1v) is 6.08. The molecule has 96 valence electrons. The summed E-state index contributed by atoms with van der Waals surface area (Å²) in [5.74, 6) is 0.797. The fourth-order valence-electron chi connectivity index (χ4n) is 2.32. The molecule has 1 aliphatic rings. The lowest BCUT2D eigenvalue weighted by atomic mass is 10.3. The molecular formula is C13H13N5O. The number of aliphatic hydroxyl groups excluding tert-OH is 1. The zero-order valence-electron chi connectivity index (χ0n) is 10.3. The van der Waals surface area contributed by atoms with Crippen LogP contribution >= 0.6 is 0 Å². The maximum atomic E-state index is 9.00. The predicted molar refractivity (Wildman–Crippen MR) is 68.2 cm³/mol. The molecule has 2 aromatic heterocycles. The Morgan fingerprint density at radius 2 is 2.26 bits per heavy atom. The van der Waals surface area contributed by atoms with Crippen molar-refractivity contribution >= 4 is 5.82 Å². The van der Waals surface area contributed by atoms with Gasteiger partial charge in [0, 0.05) is 12.1 Å². The minimum atomic E-state index is 0.0797. The molecule has 3 heterocycles. The number of hydrogen-bond acceptors (Lipinski definition) is 5. The van der Waals surface area contributed by atoms with Crippen molar-refractivity contribution in [2.75, 3.05) is 11.5 Å². The molecule has 0 radical (unpaired) electrons. The quantitative estimate of drug-likeness (QED) is 0.871. The van der Waals surface area contributed by atoms with E-state index in [2.05, 4.69) is 15.0 Å². The van der Waals surface area contributed by atoms with Gasteiger partial charge in [0.25, 0.3) is 0 Å². The van der Waals surface area contributed by atoms with Crippen LogP contribution in [0, 0.1) is 11.3 Å². The van der Waals surface area contributed by atoms with E-state index in [0.29, 0.717) is 18.8 Å². The van der Waals surface area contributed by atoms with Crippen LogP contribution in [0.1, 0.15) is 17.0 Å². The van der Waals surface area contributed by atoms with Crippen LogP contribution in [-0.4, -0.2) is 26.5 Å². The van der Waals surface area contributed by atoms with Crippen molar-refractivity contribution in [2.24, 2.45) is 0 Å². The van der Waals surface area contributed by atoms with Crippen molar-refractivity contribution in [3.05, 3.63) is 41.3 Å². The van der Waals surface area contributed by atoms with E-state index >= 15 is 0 Å². The smallest absolute Gasteiger partial charge is 0.142 e. The zero-order chi connectivity index (χ0) is 13.2. The number of aliphatic hydroxyl groups is 1. The Kier molecular flexibility index (Phi) is 2.89. The van der Waals surface area contributed by atoms with Crippen LogP contribution in [0.3, 0.4) is 0 Å². The largest absolute Gasteiger partial charge is 0.394 e. The van der Waals surface area contributed by atoms with E-state index in [1.165, 1.54) is 0 Å². The molecule has 6 heteroatoms. The van der Waals surface area contributed by atoms with E-state index in [1.54, 1.807) is 6.07 Å². The highest BCUT2D eigenvalue weighted by Crippen LogP contribution is 2.26. The van der Waals surface area contributed by atoms with Gasteiger partial charge in [0.2, 0.25) is 0 Å². The molecule has 0 unspecified atom stereocenters. The fraction of sp³-hybridized carbons (Fsp3) is 0.308. The number of nitriles is 1. The van der Waals surface area contributed by atoms with E-state index in [0.717, 1.165) is 23.6 Å². The second-order valence-corrected chi connectivity index (χ2v) is 4.41. The van der Waals surface area contributed by atoms with Gasteiger partial charge in [0.05, 0.1) is 31.6 Å². The molecule has 2 aromatic rings. The average molecular weight is 255 g/mol. The Balaban J connectivity index is 1.85. The van der Waals surface area contributed by atoms with Crippen LogP contribution in [0.15, 0.2) is 24.4 Å². The Bertz CT molecular complexity index is 643. The minimum Gasteiger partial charge on any atom is -0.394 e. The van der Waals surface area contributed by atoms with Gasteiger partial charge in [-0.05, 0) is 12.1 Å². The van der Waals surface area contributed by atoms with Gasteiger partial charge in [0.15, 0.2) is 0 Å². The van der Waals surface area contributed by atoms with Crippen LogP contribution in [0.25, 0.3) is 0 Å². The standard InChI is InChI=1S/C13H13N5O/c14-6-11-2-1-3-13(16-11)17-8-10-7-15-18(4-5-19)12(10)9-17/h1-3,7,19H,4-5,8-9H2. The van der Waals surface area contributed by atoms with Crippen LogP contribution in [0.4, 0.5) is 5.82 Å². The molecule has 3 rings (SSSR count). The van der Waals surface area contributed by atoms with E-state index in [4.69, 9.17) is 10.4 Å². The number of fused-ring (bicyclic) bond motifs is 1. The molecule has 0 saturated carbocycles. The molecule has 0 aliphatic carbocycles. The van der Waals surface area contributed by atoms with Crippen LogP contribution < -0.4 is 4.90 Å². The summed E-state index contributed by atoms with van der Waals surface area (Å²) in [6.45, 7) is 2.03.